The van der Waals surface area contributed by atoms with E-state index < -0.39 is 0 Å². The van der Waals surface area contributed by atoms with Crippen molar-refractivity contribution in [2.75, 3.05) is 22.7 Å². The van der Waals surface area contributed by atoms with Gasteiger partial charge in [-0.15, -0.1) is 0 Å². The molecule has 4 aromatic heterocycles. The second-order valence-corrected chi connectivity index (χ2v) is 6.78. The van der Waals surface area contributed by atoms with Crippen LogP contribution in [0.5, 0.6) is 0 Å². The fourth-order valence-corrected chi connectivity index (χ4v) is 3.39. The SMILES string of the molecule is [B]1N(c2ccc(-c3ccncc3)cn2)CCN1c1ccc(-c2ccncc2)cn1.[Pt]. The van der Waals surface area contributed by atoms with Crippen LogP contribution in [0.4, 0.5) is 11.6 Å². The van der Waals surface area contributed by atoms with E-state index >= 15 is 0 Å². The third kappa shape index (κ3) is 4.26. The molecule has 1 radical (unpaired) electrons. The predicted octanol–water partition coefficient (Wildman–Crippen LogP) is 3.46. The minimum absolute atomic E-state index is 0. The van der Waals surface area contributed by atoms with Crippen LogP contribution < -0.4 is 9.62 Å². The van der Waals surface area contributed by atoms with Crippen molar-refractivity contribution < 1.29 is 21.1 Å². The molecule has 8 heteroatoms. The Hall–Kier alpha value is -3.05. The zero-order valence-electron chi connectivity index (χ0n) is 16.1. The molecule has 1 aliphatic rings. The molecular formula is C22H18BN6Pt. The monoisotopic (exact) mass is 572 g/mol. The van der Waals surface area contributed by atoms with E-state index in [1.54, 1.807) is 24.8 Å². The topological polar surface area (TPSA) is 58.0 Å². The van der Waals surface area contributed by atoms with Gasteiger partial charge in [0, 0.05) is 82.5 Å². The van der Waals surface area contributed by atoms with Crippen LogP contribution in [0, 0.1) is 0 Å². The fourth-order valence-electron chi connectivity index (χ4n) is 3.39. The predicted molar refractivity (Wildman–Crippen MR) is 115 cm³/mol. The summed E-state index contributed by atoms with van der Waals surface area (Å²) in [6.07, 6.45) is 11.0. The van der Waals surface area contributed by atoms with E-state index in [-0.39, 0.29) is 21.1 Å². The Bertz CT molecular complexity index is 989. The second kappa shape index (κ2) is 9.18. The molecule has 0 aliphatic carbocycles. The summed E-state index contributed by atoms with van der Waals surface area (Å²) >= 11 is 0. The molecule has 0 bridgehead atoms. The molecule has 5 rings (SSSR count). The third-order valence-corrected chi connectivity index (χ3v) is 4.97. The molecule has 0 unspecified atom stereocenters. The van der Waals surface area contributed by atoms with Gasteiger partial charge in [-0.1, -0.05) is 0 Å². The van der Waals surface area contributed by atoms with Gasteiger partial charge in [-0.2, -0.15) is 0 Å². The largest absolute Gasteiger partial charge is 0.394 e. The zero-order valence-corrected chi connectivity index (χ0v) is 18.3. The third-order valence-electron chi connectivity index (χ3n) is 4.97. The van der Waals surface area contributed by atoms with Crippen molar-refractivity contribution in [3.05, 3.63) is 85.7 Å². The Morgan fingerprint density at radius 3 is 1.37 bits per heavy atom. The molecular weight excluding hydrogens is 554 g/mol. The van der Waals surface area contributed by atoms with E-state index in [1.807, 2.05) is 36.7 Å². The average molecular weight is 572 g/mol. The smallest absolute Gasteiger partial charge is 0.382 e. The van der Waals surface area contributed by atoms with Crippen molar-refractivity contribution in [3.8, 4) is 22.3 Å². The first kappa shape index (κ1) is 20.2. The van der Waals surface area contributed by atoms with Crippen molar-refractivity contribution in [1.82, 2.24) is 19.9 Å². The quantitative estimate of drug-likeness (QED) is 0.350. The molecule has 1 saturated heterocycles. The number of nitrogens with zero attached hydrogens (tertiary/aromatic N) is 6. The van der Waals surface area contributed by atoms with Gasteiger partial charge in [0.15, 0.2) is 0 Å². The molecule has 0 atom stereocenters. The van der Waals surface area contributed by atoms with E-state index in [0.29, 0.717) is 0 Å². The maximum absolute atomic E-state index is 4.64. The van der Waals surface area contributed by atoms with Gasteiger partial charge in [0.25, 0.3) is 0 Å². The summed E-state index contributed by atoms with van der Waals surface area (Å²) in [5.41, 5.74) is 4.40. The van der Waals surface area contributed by atoms with Crippen LogP contribution in [0.25, 0.3) is 22.3 Å². The summed E-state index contributed by atoms with van der Waals surface area (Å²) in [6.45, 7) is 1.74. The molecule has 6 nitrogen and oxygen atoms in total. The molecule has 30 heavy (non-hydrogen) atoms. The minimum Gasteiger partial charge on any atom is -0.382 e. The Morgan fingerprint density at radius 1 is 0.567 bits per heavy atom. The van der Waals surface area contributed by atoms with Gasteiger partial charge < -0.3 is 9.62 Å². The van der Waals surface area contributed by atoms with Crippen LogP contribution in [0.2, 0.25) is 0 Å². The first-order valence-electron chi connectivity index (χ1n) is 9.48. The summed E-state index contributed by atoms with van der Waals surface area (Å²) in [5.74, 6) is 1.86. The zero-order chi connectivity index (χ0) is 19.5. The Kier molecular flexibility index (Phi) is 6.19. The number of hydrogen-bond donors (Lipinski definition) is 0. The summed E-state index contributed by atoms with van der Waals surface area (Å²) < 4.78 is 0. The normalized spacial score (nSPS) is 12.9. The molecule has 5 heterocycles. The summed E-state index contributed by atoms with van der Waals surface area (Å²) in [7, 11) is 2.07. The van der Waals surface area contributed by atoms with Crippen LogP contribution in [-0.4, -0.2) is 40.6 Å². The van der Waals surface area contributed by atoms with Crippen molar-refractivity contribution in [1.29, 1.82) is 0 Å². The average Bonchev–Trinajstić information content (AvgIpc) is 3.31. The number of hydrogen-bond acceptors (Lipinski definition) is 6. The van der Waals surface area contributed by atoms with E-state index in [1.165, 1.54) is 0 Å². The Balaban J connectivity index is 0.00000218. The van der Waals surface area contributed by atoms with E-state index in [0.717, 1.165) is 47.0 Å². The van der Waals surface area contributed by atoms with Crippen molar-refractivity contribution in [2.45, 2.75) is 0 Å². The van der Waals surface area contributed by atoms with Crippen LogP contribution in [0.15, 0.2) is 85.7 Å². The molecule has 4 aromatic rings. The van der Waals surface area contributed by atoms with Crippen LogP contribution in [-0.2, 0) is 21.1 Å². The summed E-state index contributed by atoms with van der Waals surface area (Å²) in [4.78, 5) is 21.7. The van der Waals surface area contributed by atoms with Crippen molar-refractivity contribution >= 4 is 19.2 Å². The first-order valence-corrected chi connectivity index (χ1v) is 9.48. The standard InChI is InChI=1S/C22H18BN6.Pt/c1-3-21(26-15-19(1)17-5-9-24-10-6-17)28-13-14-29(23-28)22-4-2-20(16-27-22)18-7-11-25-12-8-18;/h1-12,15-16H,13-14H2;. The summed E-state index contributed by atoms with van der Waals surface area (Å²) in [6, 6.07) is 16.2. The molecule has 0 N–H and O–H groups in total. The van der Waals surface area contributed by atoms with Crippen molar-refractivity contribution in [3.63, 3.8) is 0 Å². The van der Waals surface area contributed by atoms with E-state index in [9.17, 15) is 0 Å². The van der Waals surface area contributed by atoms with E-state index in [2.05, 4.69) is 61.4 Å². The van der Waals surface area contributed by atoms with Gasteiger partial charge in [-0.05, 0) is 59.7 Å². The number of pyridine rings is 4. The van der Waals surface area contributed by atoms with E-state index in [4.69, 9.17) is 0 Å². The molecule has 0 amide bonds. The number of anilines is 2. The van der Waals surface area contributed by atoms with Gasteiger partial charge in [0.2, 0.25) is 0 Å². The Morgan fingerprint density at radius 2 is 1.00 bits per heavy atom. The van der Waals surface area contributed by atoms with Gasteiger partial charge in [0.1, 0.15) is 11.6 Å². The maximum atomic E-state index is 4.64. The molecule has 1 fully saturated rings. The number of rotatable bonds is 4. The Labute approximate surface area is 190 Å². The van der Waals surface area contributed by atoms with Gasteiger partial charge in [-0.25, -0.2) is 9.97 Å². The van der Waals surface area contributed by atoms with Crippen LogP contribution >= 0.6 is 0 Å². The van der Waals surface area contributed by atoms with Gasteiger partial charge in [-0.3, -0.25) is 9.97 Å². The number of aromatic nitrogens is 4. The van der Waals surface area contributed by atoms with Gasteiger partial charge in [0.05, 0.1) is 0 Å². The van der Waals surface area contributed by atoms with Gasteiger partial charge >= 0.3 is 7.55 Å². The molecule has 0 spiro atoms. The molecule has 0 aromatic carbocycles. The summed E-state index contributed by atoms with van der Waals surface area (Å²) in [5, 5.41) is 0. The fraction of sp³-hybridized carbons (Fsp3) is 0.0909. The first-order chi connectivity index (χ1) is 14.4. The van der Waals surface area contributed by atoms with Crippen molar-refractivity contribution in [2.24, 2.45) is 0 Å². The molecule has 149 valence electrons. The maximum Gasteiger partial charge on any atom is 0.394 e. The molecule has 0 saturated carbocycles. The molecule has 1 aliphatic heterocycles. The van der Waals surface area contributed by atoms with Crippen LogP contribution in [0.1, 0.15) is 0 Å². The van der Waals surface area contributed by atoms with Crippen LogP contribution in [0.3, 0.4) is 0 Å². The second-order valence-electron chi connectivity index (χ2n) is 6.78. The minimum atomic E-state index is 0.